The Hall–Kier alpha value is -0.710. The fourth-order valence-corrected chi connectivity index (χ4v) is 3.05. The van der Waals surface area contributed by atoms with Crippen molar-refractivity contribution in [3.63, 3.8) is 0 Å². The van der Waals surface area contributed by atoms with E-state index in [4.69, 9.17) is 27.0 Å². The van der Waals surface area contributed by atoms with Gasteiger partial charge in [0.25, 0.3) is 9.05 Å². The minimum absolute atomic E-state index is 0.124. The van der Waals surface area contributed by atoms with Crippen molar-refractivity contribution in [1.29, 1.82) is 0 Å². The summed E-state index contributed by atoms with van der Waals surface area (Å²) in [6, 6.07) is 1.52. The van der Waals surface area contributed by atoms with Crippen molar-refractivity contribution < 1.29 is 13.2 Å². The predicted molar refractivity (Wildman–Crippen MR) is 74.2 cm³/mol. The maximum atomic E-state index is 11.4. The molecular weight excluding hydrogens is 295 g/mol. The maximum Gasteiger partial charge on any atom is 0.261 e. The zero-order valence-corrected chi connectivity index (χ0v) is 12.7. The van der Waals surface area contributed by atoms with Crippen molar-refractivity contribution in [2.75, 3.05) is 6.61 Å². The summed E-state index contributed by atoms with van der Waals surface area (Å²) in [6.07, 6.45) is 1.65. The van der Waals surface area contributed by atoms with Crippen LogP contribution in [0.4, 0.5) is 0 Å². The maximum absolute atomic E-state index is 11.4. The fourth-order valence-electron chi connectivity index (χ4n) is 1.66. The highest BCUT2D eigenvalue weighted by molar-refractivity contribution is 8.13. The third-order valence-corrected chi connectivity index (χ3v) is 4.28. The molecule has 0 fully saturated rings. The Bertz CT molecular complexity index is 577. The van der Waals surface area contributed by atoms with Crippen LogP contribution in [0.25, 0.3) is 0 Å². The third kappa shape index (κ3) is 3.40. The van der Waals surface area contributed by atoms with Crippen LogP contribution in [0.15, 0.2) is 22.6 Å². The highest BCUT2D eigenvalue weighted by atomic mass is 35.7. The predicted octanol–water partition coefficient (Wildman–Crippen LogP) is 3.67. The molecule has 3 nitrogen and oxygen atoms in total. The van der Waals surface area contributed by atoms with Gasteiger partial charge < -0.3 is 4.74 Å². The van der Waals surface area contributed by atoms with Crippen LogP contribution in [-0.4, -0.2) is 15.0 Å². The van der Waals surface area contributed by atoms with E-state index in [1.54, 1.807) is 26.8 Å². The number of hydrogen-bond donors (Lipinski definition) is 0. The number of ether oxygens (including phenoxy) is 1. The van der Waals surface area contributed by atoms with Crippen LogP contribution in [0.1, 0.15) is 16.7 Å². The van der Waals surface area contributed by atoms with Gasteiger partial charge in [-0.3, -0.25) is 0 Å². The molecule has 0 saturated carbocycles. The van der Waals surface area contributed by atoms with Crippen LogP contribution in [0.3, 0.4) is 0 Å². The van der Waals surface area contributed by atoms with Crippen molar-refractivity contribution in [3.8, 4) is 5.75 Å². The van der Waals surface area contributed by atoms with Crippen LogP contribution in [0.5, 0.6) is 5.75 Å². The van der Waals surface area contributed by atoms with Gasteiger partial charge in [0, 0.05) is 16.2 Å². The molecule has 0 radical (unpaired) electrons. The molecular formula is C12H14Cl2O3S. The molecule has 100 valence electrons. The van der Waals surface area contributed by atoms with Gasteiger partial charge in [0.2, 0.25) is 0 Å². The monoisotopic (exact) mass is 308 g/mol. The summed E-state index contributed by atoms with van der Waals surface area (Å²) >= 11 is 5.41. The van der Waals surface area contributed by atoms with Crippen LogP contribution < -0.4 is 4.74 Å². The first-order chi connectivity index (χ1) is 8.29. The molecule has 18 heavy (non-hydrogen) atoms. The van der Waals surface area contributed by atoms with E-state index in [0.717, 1.165) is 11.1 Å². The lowest BCUT2D eigenvalue weighted by Gasteiger charge is -2.15. The van der Waals surface area contributed by atoms with Crippen LogP contribution in [0.2, 0.25) is 0 Å². The molecule has 1 aromatic rings. The molecule has 0 aliphatic rings. The molecule has 0 unspecified atom stereocenters. The summed E-state index contributed by atoms with van der Waals surface area (Å²) in [7, 11) is 1.65. The van der Waals surface area contributed by atoms with Gasteiger partial charge in [0.1, 0.15) is 12.4 Å². The SMILES string of the molecule is Cc1cc(S(=O)(=O)Cl)c(C)c(C)c1OC/C=C/Cl. The average molecular weight is 309 g/mol. The highest BCUT2D eigenvalue weighted by Crippen LogP contribution is 2.32. The summed E-state index contributed by atoms with van der Waals surface area (Å²) in [5, 5.41) is 0. The van der Waals surface area contributed by atoms with Gasteiger partial charge in [-0.05, 0) is 49.6 Å². The van der Waals surface area contributed by atoms with E-state index < -0.39 is 9.05 Å². The summed E-state index contributed by atoms with van der Waals surface area (Å²) in [5.41, 5.74) is 3.45. The van der Waals surface area contributed by atoms with E-state index in [9.17, 15) is 8.42 Å². The largest absolute Gasteiger partial charge is 0.489 e. The van der Waals surface area contributed by atoms with Gasteiger partial charge in [-0.15, -0.1) is 0 Å². The van der Waals surface area contributed by atoms with E-state index in [1.807, 2.05) is 0 Å². The lowest BCUT2D eigenvalue weighted by molar-refractivity contribution is 0.357. The second-order valence-electron chi connectivity index (χ2n) is 3.88. The van der Waals surface area contributed by atoms with Crippen molar-refractivity contribution in [2.45, 2.75) is 25.7 Å². The average Bonchev–Trinajstić information content (AvgIpc) is 2.26. The van der Waals surface area contributed by atoms with E-state index in [1.165, 1.54) is 11.6 Å². The number of rotatable bonds is 4. The third-order valence-electron chi connectivity index (χ3n) is 2.65. The van der Waals surface area contributed by atoms with Crippen LogP contribution in [-0.2, 0) is 9.05 Å². The standard InChI is InChI=1S/C12H14Cl2O3S/c1-8-7-11(18(14,15)16)9(2)10(3)12(8)17-6-4-5-13/h4-5,7H,6H2,1-3H3/b5-4+. The molecule has 0 bridgehead atoms. The first-order valence-electron chi connectivity index (χ1n) is 5.22. The molecule has 0 aliphatic heterocycles. The Morgan fingerprint density at radius 1 is 1.28 bits per heavy atom. The Balaban J connectivity index is 3.29. The van der Waals surface area contributed by atoms with E-state index >= 15 is 0 Å². The number of halogens is 2. The Labute approximate surface area is 117 Å². The lowest BCUT2D eigenvalue weighted by atomic mass is 10.1. The van der Waals surface area contributed by atoms with Gasteiger partial charge in [-0.1, -0.05) is 11.6 Å². The summed E-state index contributed by atoms with van der Waals surface area (Å²) < 4.78 is 28.4. The minimum Gasteiger partial charge on any atom is -0.489 e. The van der Waals surface area contributed by atoms with Gasteiger partial charge in [0.15, 0.2) is 0 Å². The zero-order valence-electron chi connectivity index (χ0n) is 10.3. The normalized spacial score (nSPS) is 12.1. The molecule has 0 aromatic heterocycles. The van der Waals surface area contributed by atoms with E-state index in [-0.39, 0.29) is 4.90 Å². The highest BCUT2D eigenvalue weighted by Gasteiger charge is 2.19. The van der Waals surface area contributed by atoms with Crippen molar-refractivity contribution in [3.05, 3.63) is 34.4 Å². The molecule has 1 rings (SSSR count). The molecule has 0 heterocycles. The molecule has 0 saturated heterocycles. The van der Waals surface area contributed by atoms with Crippen LogP contribution >= 0.6 is 22.3 Å². The Morgan fingerprint density at radius 2 is 1.89 bits per heavy atom. The van der Waals surface area contributed by atoms with E-state index in [0.29, 0.717) is 17.9 Å². The molecule has 6 heteroatoms. The smallest absolute Gasteiger partial charge is 0.261 e. The fraction of sp³-hybridized carbons (Fsp3) is 0.333. The van der Waals surface area contributed by atoms with Crippen molar-refractivity contribution in [2.24, 2.45) is 0 Å². The summed E-state index contributed by atoms with van der Waals surface area (Å²) in [4.78, 5) is 0.124. The van der Waals surface area contributed by atoms with Gasteiger partial charge >= 0.3 is 0 Å². The first-order valence-corrected chi connectivity index (χ1v) is 7.97. The Kier molecular flexibility index (Phi) is 5.08. The first kappa shape index (κ1) is 15.3. The quantitative estimate of drug-likeness (QED) is 0.797. The summed E-state index contributed by atoms with van der Waals surface area (Å²) in [5.74, 6) is 0.659. The van der Waals surface area contributed by atoms with Crippen molar-refractivity contribution >= 4 is 31.3 Å². The molecule has 0 N–H and O–H groups in total. The van der Waals surface area contributed by atoms with Crippen LogP contribution in [0, 0.1) is 20.8 Å². The topological polar surface area (TPSA) is 43.4 Å². The second kappa shape index (κ2) is 5.95. The second-order valence-corrected chi connectivity index (χ2v) is 6.67. The number of benzene rings is 1. The molecule has 0 aliphatic carbocycles. The Morgan fingerprint density at radius 3 is 2.39 bits per heavy atom. The summed E-state index contributed by atoms with van der Waals surface area (Å²) in [6.45, 7) is 5.61. The minimum atomic E-state index is -3.74. The molecule has 0 spiro atoms. The van der Waals surface area contributed by atoms with Gasteiger partial charge in [-0.25, -0.2) is 8.42 Å². The van der Waals surface area contributed by atoms with E-state index in [2.05, 4.69) is 0 Å². The molecule has 0 atom stereocenters. The van der Waals surface area contributed by atoms with Gasteiger partial charge in [0.05, 0.1) is 4.90 Å². The van der Waals surface area contributed by atoms with Gasteiger partial charge in [-0.2, -0.15) is 0 Å². The number of aryl methyl sites for hydroxylation is 1. The molecule has 1 aromatic carbocycles. The lowest BCUT2D eigenvalue weighted by Crippen LogP contribution is -2.04. The molecule has 0 amide bonds. The van der Waals surface area contributed by atoms with Crippen molar-refractivity contribution in [1.82, 2.24) is 0 Å². The number of hydrogen-bond acceptors (Lipinski definition) is 3. The zero-order chi connectivity index (χ0) is 13.9.